The monoisotopic (exact) mass is 361 g/mol. The molecule has 3 rings (SSSR count). The van der Waals surface area contributed by atoms with Crippen LogP contribution in [0, 0.1) is 13.8 Å². The molecule has 1 saturated heterocycles. The number of carbonyl (C=O) groups excluding carboxylic acids is 1. The van der Waals surface area contributed by atoms with Gasteiger partial charge in [-0.25, -0.2) is 0 Å². The standard InChI is InChI=1S/C18H23N3O3S/c1-11-6-7-14(9-12(11)2)17-20-21-18(24-17)25-13(3)16(22)19-10-15-5-4-8-23-15/h6-7,9,13,15H,4-5,8,10H2,1-3H3,(H,19,22)/t13-,15-/m0/s1. The molecule has 2 atom stereocenters. The number of nitrogens with zero attached hydrogens (tertiary/aromatic N) is 2. The molecular formula is C18H23N3O3S. The van der Waals surface area contributed by atoms with Crippen LogP contribution in [0.2, 0.25) is 0 Å². The van der Waals surface area contributed by atoms with E-state index < -0.39 is 0 Å². The normalized spacial score (nSPS) is 18.3. The Morgan fingerprint density at radius 3 is 2.92 bits per heavy atom. The van der Waals surface area contributed by atoms with Crippen molar-refractivity contribution in [1.29, 1.82) is 0 Å². The molecule has 134 valence electrons. The number of carbonyl (C=O) groups is 1. The minimum Gasteiger partial charge on any atom is -0.411 e. The van der Waals surface area contributed by atoms with Gasteiger partial charge in [0.05, 0.1) is 11.4 Å². The molecule has 6 nitrogen and oxygen atoms in total. The van der Waals surface area contributed by atoms with Gasteiger partial charge in [0.25, 0.3) is 5.22 Å². The third-order valence-electron chi connectivity index (χ3n) is 4.34. The highest BCUT2D eigenvalue weighted by atomic mass is 32.2. The molecule has 0 aliphatic carbocycles. The third-order valence-corrected chi connectivity index (χ3v) is 5.27. The van der Waals surface area contributed by atoms with Crippen molar-refractivity contribution in [3.05, 3.63) is 29.3 Å². The maximum Gasteiger partial charge on any atom is 0.277 e. The molecule has 2 aromatic rings. The lowest BCUT2D eigenvalue weighted by Crippen LogP contribution is -2.36. The number of amides is 1. The first-order valence-electron chi connectivity index (χ1n) is 8.50. The van der Waals surface area contributed by atoms with Gasteiger partial charge in [-0.1, -0.05) is 17.8 Å². The Labute approximate surface area is 151 Å². The van der Waals surface area contributed by atoms with E-state index in [4.69, 9.17) is 9.15 Å². The van der Waals surface area contributed by atoms with Crippen LogP contribution in [0.1, 0.15) is 30.9 Å². The summed E-state index contributed by atoms with van der Waals surface area (Å²) in [6.07, 6.45) is 2.21. The molecule has 25 heavy (non-hydrogen) atoms. The van der Waals surface area contributed by atoms with Gasteiger partial charge in [-0.15, -0.1) is 10.2 Å². The average molecular weight is 361 g/mol. The zero-order valence-corrected chi connectivity index (χ0v) is 15.6. The molecule has 0 unspecified atom stereocenters. The Bertz CT molecular complexity index is 741. The van der Waals surface area contributed by atoms with Crippen LogP contribution in [0.25, 0.3) is 11.5 Å². The number of thioether (sulfide) groups is 1. The van der Waals surface area contributed by atoms with E-state index in [9.17, 15) is 4.79 Å². The van der Waals surface area contributed by atoms with Crippen molar-refractivity contribution in [2.24, 2.45) is 0 Å². The third kappa shape index (κ3) is 4.61. The molecule has 0 radical (unpaired) electrons. The molecule has 1 aromatic carbocycles. The number of rotatable bonds is 6. The molecule has 2 heterocycles. The predicted octanol–water partition coefficient (Wildman–Crippen LogP) is 3.13. The average Bonchev–Trinajstić information content (AvgIpc) is 3.27. The highest BCUT2D eigenvalue weighted by Crippen LogP contribution is 2.27. The first-order valence-corrected chi connectivity index (χ1v) is 9.38. The van der Waals surface area contributed by atoms with Crippen LogP contribution in [-0.2, 0) is 9.53 Å². The summed E-state index contributed by atoms with van der Waals surface area (Å²) in [4.78, 5) is 12.2. The van der Waals surface area contributed by atoms with Gasteiger partial charge in [0.15, 0.2) is 0 Å². The first kappa shape index (κ1) is 17.9. The minimum atomic E-state index is -0.311. The van der Waals surface area contributed by atoms with Crippen molar-refractivity contribution in [1.82, 2.24) is 15.5 Å². The van der Waals surface area contributed by atoms with Crippen molar-refractivity contribution >= 4 is 17.7 Å². The number of hydrogen-bond acceptors (Lipinski definition) is 6. The first-order chi connectivity index (χ1) is 12.0. The Balaban J connectivity index is 1.56. The lowest BCUT2D eigenvalue weighted by molar-refractivity contribution is -0.120. The van der Waals surface area contributed by atoms with Crippen molar-refractivity contribution in [2.75, 3.05) is 13.2 Å². The molecular weight excluding hydrogens is 338 g/mol. The van der Waals surface area contributed by atoms with Gasteiger partial charge in [0.1, 0.15) is 0 Å². The van der Waals surface area contributed by atoms with E-state index in [1.165, 1.54) is 22.9 Å². The van der Waals surface area contributed by atoms with E-state index >= 15 is 0 Å². The van der Waals surface area contributed by atoms with E-state index in [1.807, 2.05) is 32.0 Å². The molecule has 0 spiro atoms. The highest BCUT2D eigenvalue weighted by Gasteiger charge is 2.21. The summed E-state index contributed by atoms with van der Waals surface area (Å²) in [5, 5.41) is 11.1. The lowest BCUT2D eigenvalue weighted by atomic mass is 10.1. The number of benzene rings is 1. The Morgan fingerprint density at radius 2 is 2.20 bits per heavy atom. The smallest absolute Gasteiger partial charge is 0.277 e. The fourth-order valence-electron chi connectivity index (χ4n) is 2.62. The number of hydrogen-bond donors (Lipinski definition) is 1. The molecule has 1 N–H and O–H groups in total. The van der Waals surface area contributed by atoms with Crippen LogP contribution >= 0.6 is 11.8 Å². The second-order valence-corrected chi connectivity index (χ2v) is 7.60. The zero-order valence-electron chi connectivity index (χ0n) is 14.7. The van der Waals surface area contributed by atoms with Gasteiger partial charge in [0, 0.05) is 18.7 Å². The molecule has 1 fully saturated rings. The molecule has 7 heteroatoms. The van der Waals surface area contributed by atoms with E-state index in [0.29, 0.717) is 17.7 Å². The number of aromatic nitrogens is 2. The Kier molecular flexibility index (Phi) is 5.75. The summed E-state index contributed by atoms with van der Waals surface area (Å²) in [5.41, 5.74) is 3.28. The number of nitrogens with one attached hydrogen (secondary N) is 1. The Hall–Kier alpha value is -1.86. The van der Waals surface area contributed by atoms with Crippen molar-refractivity contribution in [2.45, 2.75) is 50.2 Å². The summed E-state index contributed by atoms with van der Waals surface area (Å²) < 4.78 is 11.2. The summed E-state index contributed by atoms with van der Waals surface area (Å²) in [5.74, 6) is 0.420. The predicted molar refractivity (Wildman–Crippen MR) is 96.5 cm³/mol. The summed E-state index contributed by atoms with van der Waals surface area (Å²) in [6.45, 7) is 7.28. The quantitative estimate of drug-likeness (QED) is 0.797. The van der Waals surface area contributed by atoms with Crippen molar-refractivity contribution in [3.63, 3.8) is 0 Å². The van der Waals surface area contributed by atoms with Gasteiger partial charge in [-0.3, -0.25) is 4.79 Å². The maximum atomic E-state index is 12.2. The zero-order chi connectivity index (χ0) is 17.8. The molecule has 1 aliphatic heterocycles. The van der Waals surface area contributed by atoms with Crippen LogP contribution < -0.4 is 5.32 Å². The minimum absolute atomic E-state index is 0.0496. The molecule has 0 saturated carbocycles. The maximum absolute atomic E-state index is 12.2. The van der Waals surface area contributed by atoms with Crippen LogP contribution in [-0.4, -0.2) is 40.6 Å². The number of aryl methyl sites for hydroxylation is 2. The van der Waals surface area contributed by atoms with Gasteiger partial charge in [-0.05, 0) is 56.9 Å². The molecule has 0 bridgehead atoms. The fraction of sp³-hybridized carbons (Fsp3) is 0.500. The van der Waals surface area contributed by atoms with E-state index in [1.54, 1.807) is 0 Å². The van der Waals surface area contributed by atoms with Gasteiger partial charge in [0.2, 0.25) is 11.8 Å². The second kappa shape index (κ2) is 8.01. The van der Waals surface area contributed by atoms with Gasteiger partial charge >= 0.3 is 0 Å². The second-order valence-electron chi connectivity index (χ2n) is 6.31. The van der Waals surface area contributed by atoms with Gasteiger partial charge < -0.3 is 14.5 Å². The van der Waals surface area contributed by atoms with E-state index in [2.05, 4.69) is 22.4 Å². The molecule has 1 aliphatic rings. The summed E-state index contributed by atoms with van der Waals surface area (Å²) in [6, 6.07) is 6.01. The highest BCUT2D eigenvalue weighted by molar-refractivity contribution is 8.00. The van der Waals surface area contributed by atoms with Crippen molar-refractivity contribution < 1.29 is 13.9 Å². The molecule has 1 amide bonds. The number of ether oxygens (including phenoxy) is 1. The topological polar surface area (TPSA) is 77.2 Å². The Morgan fingerprint density at radius 1 is 1.36 bits per heavy atom. The van der Waals surface area contributed by atoms with Crippen LogP contribution in [0.3, 0.4) is 0 Å². The summed E-state index contributed by atoms with van der Waals surface area (Å²) >= 11 is 1.26. The van der Waals surface area contributed by atoms with Crippen LogP contribution in [0.15, 0.2) is 27.8 Å². The van der Waals surface area contributed by atoms with Gasteiger partial charge in [-0.2, -0.15) is 0 Å². The van der Waals surface area contributed by atoms with E-state index in [-0.39, 0.29) is 17.3 Å². The lowest BCUT2D eigenvalue weighted by Gasteiger charge is -2.13. The van der Waals surface area contributed by atoms with Crippen molar-refractivity contribution in [3.8, 4) is 11.5 Å². The molecule has 1 aromatic heterocycles. The fourth-order valence-corrected chi connectivity index (χ4v) is 3.32. The van der Waals surface area contributed by atoms with E-state index in [0.717, 1.165) is 25.0 Å². The van der Waals surface area contributed by atoms with Crippen LogP contribution in [0.4, 0.5) is 0 Å². The summed E-state index contributed by atoms with van der Waals surface area (Å²) in [7, 11) is 0. The van der Waals surface area contributed by atoms with Crippen LogP contribution in [0.5, 0.6) is 0 Å². The largest absolute Gasteiger partial charge is 0.411 e. The SMILES string of the molecule is Cc1ccc(-c2nnc(S[C@@H](C)C(=O)NC[C@@H]3CCCO3)o2)cc1C.